The molecule has 1 fully saturated rings. The first kappa shape index (κ1) is 12.6. The lowest BCUT2D eigenvalue weighted by Gasteiger charge is -2.24. The number of benzene rings is 1. The Hall–Kier alpha value is -0.810. The lowest BCUT2D eigenvalue weighted by Crippen LogP contribution is -2.11. The Bertz CT molecular complexity index is 408. The van der Waals surface area contributed by atoms with E-state index >= 15 is 0 Å². The van der Waals surface area contributed by atoms with Gasteiger partial charge in [0.25, 0.3) is 0 Å². The molecule has 0 N–H and O–H groups in total. The normalized spacial score (nSPS) is 24.9. The summed E-state index contributed by atoms with van der Waals surface area (Å²) in [4.78, 5) is 0. The highest BCUT2D eigenvalue weighted by Gasteiger charge is 2.26. The van der Waals surface area contributed by atoms with Gasteiger partial charge in [-0.15, -0.1) is 0 Å². The number of halogens is 1. The molecule has 0 spiro atoms. The van der Waals surface area contributed by atoms with Crippen LogP contribution in [0.25, 0.3) is 0 Å². The zero-order valence-electron chi connectivity index (χ0n) is 10.0. The molecule has 17 heavy (non-hydrogen) atoms. The van der Waals surface area contributed by atoms with E-state index in [-0.39, 0.29) is 0 Å². The topological polar surface area (TPSA) is 23.8 Å². The maximum absolute atomic E-state index is 8.98. The van der Waals surface area contributed by atoms with Crippen LogP contribution in [-0.2, 0) is 0 Å². The van der Waals surface area contributed by atoms with Crippen LogP contribution in [0.4, 0.5) is 0 Å². The molecule has 0 aliphatic heterocycles. The van der Waals surface area contributed by atoms with Crippen LogP contribution in [0.1, 0.15) is 50.0 Å². The van der Waals surface area contributed by atoms with E-state index < -0.39 is 0 Å². The van der Waals surface area contributed by atoms with Crippen molar-refractivity contribution in [3.05, 3.63) is 34.3 Å². The number of rotatable bonds is 2. The monoisotopic (exact) mass is 291 g/mol. The van der Waals surface area contributed by atoms with E-state index in [9.17, 15) is 0 Å². The minimum absolute atomic E-state index is 0.543. The van der Waals surface area contributed by atoms with E-state index in [2.05, 4.69) is 46.3 Å². The van der Waals surface area contributed by atoms with Gasteiger partial charge in [0.1, 0.15) is 0 Å². The van der Waals surface area contributed by atoms with Crippen molar-refractivity contribution in [1.29, 1.82) is 5.26 Å². The molecular formula is C15H18BrN. The largest absolute Gasteiger partial charge is 0.198 e. The molecule has 1 nitrogen and oxygen atoms in total. The van der Waals surface area contributed by atoms with Gasteiger partial charge in [0.15, 0.2) is 0 Å². The Morgan fingerprint density at radius 2 is 1.94 bits per heavy atom. The molecular weight excluding hydrogens is 274 g/mol. The van der Waals surface area contributed by atoms with Gasteiger partial charge in [-0.25, -0.2) is 0 Å². The molecule has 2 heteroatoms. The number of nitrogens with zero attached hydrogens (tertiary/aromatic N) is 1. The number of hydrogen-bond acceptors (Lipinski definition) is 1. The van der Waals surface area contributed by atoms with Crippen LogP contribution in [0.5, 0.6) is 0 Å². The van der Waals surface area contributed by atoms with Gasteiger partial charge in [-0.3, -0.25) is 0 Å². The lowest BCUT2D eigenvalue weighted by atomic mass is 9.81. The maximum atomic E-state index is 8.98. The van der Waals surface area contributed by atoms with Crippen LogP contribution in [0, 0.1) is 17.2 Å². The highest BCUT2D eigenvalue weighted by molar-refractivity contribution is 9.10. The Balaban J connectivity index is 2.26. The Morgan fingerprint density at radius 1 is 1.18 bits per heavy atom. The van der Waals surface area contributed by atoms with Crippen LogP contribution in [0.2, 0.25) is 0 Å². The van der Waals surface area contributed by atoms with E-state index in [1.54, 1.807) is 0 Å². The first-order chi connectivity index (χ1) is 8.33. The zero-order valence-corrected chi connectivity index (χ0v) is 11.6. The van der Waals surface area contributed by atoms with Gasteiger partial charge in [-0.2, -0.15) is 5.26 Å². The predicted molar refractivity (Wildman–Crippen MR) is 73.7 cm³/mol. The van der Waals surface area contributed by atoms with Crippen LogP contribution in [-0.4, -0.2) is 0 Å². The van der Waals surface area contributed by atoms with Crippen molar-refractivity contribution in [2.75, 3.05) is 0 Å². The number of hydrogen-bond donors (Lipinski definition) is 0. The molecule has 90 valence electrons. The molecule has 0 radical (unpaired) electrons. The Labute approximate surface area is 112 Å². The van der Waals surface area contributed by atoms with Gasteiger partial charge in [0.05, 0.1) is 6.07 Å². The molecule has 0 amide bonds. The molecule has 0 aromatic heterocycles. The minimum Gasteiger partial charge on any atom is -0.198 e. The highest BCUT2D eigenvalue weighted by atomic mass is 79.9. The van der Waals surface area contributed by atoms with Gasteiger partial charge in [0, 0.05) is 10.9 Å². The number of nitriles is 1. The molecule has 1 aromatic rings. The fourth-order valence-corrected chi connectivity index (χ4v) is 3.51. The van der Waals surface area contributed by atoms with E-state index in [0.717, 1.165) is 0 Å². The van der Waals surface area contributed by atoms with Gasteiger partial charge >= 0.3 is 0 Å². The van der Waals surface area contributed by atoms with Crippen LogP contribution >= 0.6 is 15.9 Å². The maximum Gasteiger partial charge on any atom is 0.0624 e. The van der Waals surface area contributed by atoms with Crippen LogP contribution < -0.4 is 0 Å². The molecule has 0 saturated heterocycles. The molecule has 1 aromatic carbocycles. The van der Waals surface area contributed by atoms with Crippen molar-refractivity contribution < 1.29 is 0 Å². The lowest BCUT2D eigenvalue weighted by molar-refractivity contribution is 0.405. The second-order valence-corrected chi connectivity index (χ2v) is 5.74. The summed E-state index contributed by atoms with van der Waals surface area (Å²) >= 11 is 3.65. The van der Waals surface area contributed by atoms with E-state index in [1.807, 2.05) is 0 Å². The molecule has 1 saturated carbocycles. The van der Waals surface area contributed by atoms with Crippen LogP contribution in [0.15, 0.2) is 28.7 Å². The van der Waals surface area contributed by atoms with E-state index in [4.69, 9.17) is 5.26 Å². The highest BCUT2D eigenvalue weighted by Crippen LogP contribution is 2.40. The standard InChI is InChI=1S/C15H18BrN/c16-15-9-5-4-8-14(15)13-7-3-1-2-6-12(13)10-11-17/h4-5,8-9,12-13H,1-3,6-7,10H2. The summed E-state index contributed by atoms with van der Waals surface area (Å²) < 4.78 is 1.20. The van der Waals surface area contributed by atoms with Crippen molar-refractivity contribution in [1.82, 2.24) is 0 Å². The average molecular weight is 292 g/mol. The van der Waals surface area contributed by atoms with Gasteiger partial charge in [-0.1, -0.05) is 53.4 Å². The second-order valence-electron chi connectivity index (χ2n) is 4.89. The summed E-state index contributed by atoms with van der Waals surface area (Å²) in [6.45, 7) is 0. The van der Waals surface area contributed by atoms with Gasteiger partial charge in [-0.05, 0) is 36.3 Å². The summed E-state index contributed by atoms with van der Waals surface area (Å²) in [5.74, 6) is 1.11. The van der Waals surface area contributed by atoms with Gasteiger partial charge in [0.2, 0.25) is 0 Å². The second kappa shape index (κ2) is 6.21. The zero-order chi connectivity index (χ0) is 12.1. The smallest absolute Gasteiger partial charge is 0.0624 e. The molecule has 2 atom stereocenters. The third-order valence-electron chi connectivity index (χ3n) is 3.82. The summed E-state index contributed by atoms with van der Waals surface area (Å²) in [5.41, 5.74) is 1.40. The summed E-state index contributed by atoms with van der Waals surface area (Å²) in [5, 5.41) is 8.98. The van der Waals surface area contributed by atoms with Gasteiger partial charge < -0.3 is 0 Å². The molecule has 0 bridgehead atoms. The predicted octanol–water partition coefficient (Wildman–Crippen LogP) is 5.03. The van der Waals surface area contributed by atoms with Crippen molar-refractivity contribution in [2.45, 2.75) is 44.4 Å². The molecule has 1 aliphatic rings. The third-order valence-corrected chi connectivity index (χ3v) is 4.54. The first-order valence-corrected chi connectivity index (χ1v) is 7.23. The summed E-state index contributed by atoms with van der Waals surface area (Å²) in [6, 6.07) is 10.9. The fraction of sp³-hybridized carbons (Fsp3) is 0.533. The third kappa shape index (κ3) is 3.10. The quantitative estimate of drug-likeness (QED) is 0.701. The molecule has 2 unspecified atom stereocenters. The van der Waals surface area contributed by atoms with Crippen LogP contribution in [0.3, 0.4) is 0 Å². The molecule has 0 heterocycles. The van der Waals surface area contributed by atoms with E-state index in [0.29, 0.717) is 18.3 Å². The Kier molecular flexibility index (Phi) is 4.62. The SMILES string of the molecule is N#CCC1CCCCCC1c1ccccc1Br. The molecule has 1 aliphatic carbocycles. The van der Waals surface area contributed by atoms with Crippen molar-refractivity contribution in [2.24, 2.45) is 5.92 Å². The van der Waals surface area contributed by atoms with Crippen molar-refractivity contribution in [3.8, 4) is 6.07 Å². The van der Waals surface area contributed by atoms with Crippen molar-refractivity contribution >= 4 is 15.9 Å². The molecule has 2 rings (SSSR count). The van der Waals surface area contributed by atoms with E-state index in [1.165, 1.54) is 42.1 Å². The minimum atomic E-state index is 0.543. The first-order valence-electron chi connectivity index (χ1n) is 6.44. The summed E-state index contributed by atoms with van der Waals surface area (Å²) in [6.07, 6.45) is 7.05. The Morgan fingerprint density at radius 3 is 2.71 bits per heavy atom. The average Bonchev–Trinajstić information content (AvgIpc) is 2.56. The fourth-order valence-electron chi connectivity index (χ4n) is 2.93. The van der Waals surface area contributed by atoms with Crippen molar-refractivity contribution in [3.63, 3.8) is 0 Å². The summed E-state index contributed by atoms with van der Waals surface area (Å²) in [7, 11) is 0.